The molecule has 0 aliphatic rings. The van der Waals surface area contributed by atoms with Gasteiger partial charge in [-0.05, 0) is 26.0 Å². The minimum absolute atomic E-state index is 0.120. The van der Waals surface area contributed by atoms with Gasteiger partial charge in [0.05, 0.1) is 28.6 Å². The molecular weight excluding hydrogens is 274 g/mol. The number of hydrogen-bond acceptors (Lipinski definition) is 5. The third kappa shape index (κ3) is 3.91. The molecule has 5 nitrogen and oxygen atoms in total. The van der Waals surface area contributed by atoms with Crippen molar-refractivity contribution in [3.63, 3.8) is 0 Å². The molecule has 1 heterocycles. The minimum atomic E-state index is -0.536. The number of aryl methyl sites for hydroxylation is 1. The SMILES string of the molecule is Cc1nc2ccccc2nc1SCC(=O)NC[C@@H](C)O. The number of carbonyl (C=O) groups is 1. The number of benzene rings is 1. The molecule has 0 fully saturated rings. The molecular formula is C14H17N3O2S. The van der Waals surface area contributed by atoms with E-state index in [4.69, 9.17) is 5.11 Å². The van der Waals surface area contributed by atoms with Crippen LogP contribution in [0.4, 0.5) is 0 Å². The average molecular weight is 291 g/mol. The zero-order chi connectivity index (χ0) is 14.5. The number of fused-ring (bicyclic) bond motifs is 1. The van der Waals surface area contributed by atoms with Crippen molar-refractivity contribution in [2.45, 2.75) is 25.0 Å². The molecule has 2 aromatic rings. The Hall–Kier alpha value is -1.66. The second-order valence-electron chi connectivity index (χ2n) is 4.54. The first kappa shape index (κ1) is 14.7. The third-order valence-electron chi connectivity index (χ3n) is 2.64. The predicted molar refractivity (Wildman–Crippen MR) is 79.7 cm³/mol. The van der Waals surface area contributed by atoms with Crippen molar-refractivity contribution >= 4 is 28.7 Å². The van der Waals surface area contributed by atoms with Crippen molar-refractivity contribution in [3.05, 3.63) is 30.0 Å². The Bertz CT molecular complexity index is 616. The van der Waals surface area contributed by atoms with Crippen molar-refractivity contribution in [1.29, 1.82) is 0 Å². The Morgan fingerprint density at radius 2 is 2.00 bits per heavy atom. The lowest BCUT2D eigenvalue weighted by atomic mass is 10.3. The normalized spacial score (nSPS) is 12.3. The monoisotopic (exact) mass is 291 g/mol. The van der Waals surface area contributed by atoms with Gasteiger partial charge in [-0.1, -0.05) is 23.9 Å². The second-order valence-corrected chi connectivity index (χ2v) is 5.51. The Balaban J connectivity index is 2.02. The molecule has 0 spiro atoms. The van der Waals surface area contributed by atoms with Crippen molar-refractivity contribution in [1.82, 2.24) is 15.3 Å². The van der Waals surface area contributed by atoms with E-state index in [0.717, 1.165) is 21.8 Å². The number of para-hydroxylation sites is 2. The maximum absolute atomic E-state index is 11.6. The number of aromatic nitrogens is 2. The predicted octanol–water partition coefficient (Wildman–Crippen LogP) is 1.53. The Morgan fingerprint density at radius 1 is 1.35 bits per heavy atom. The molecule has 1 aromatic heterocycles. The number of amides is 1. The lowest BCUT2D eigenvalue weighted by Crippen LogP contribution is -2.31. The number of rotatable bonds is 5. The van der Waals surface area contributed by atoms with E-state index in [9.17, 15) is 4.79 Å². The number of nitrogens with zero attached hydrogens (tertiary/aromatic N) is 2. The summed E-state index contributed by atoms with van der Waals surface area (Å²) in [5.41, 5.74) is 2.50. The van der Waals surface area contributed by atoms with Crippen LogP contribution in [0.15, 0.2) is 29.3 Å². The van der Waals surface area contributed by atoms with E-state index in [0.29, 0.717) is 0 Å². The number of nitrogens with one attached hydrogen (secondary N) is 1. The van der Waals surface area contributed by atoms with E-state index >= 15 is 0 Å². The molecule has 0 radical (unpaired) electrons. The zero-order valence-electron chi connectivity index (χ0n) is 11.5. The standard InChI is InChI=1S/C14H17N3O2S/c1-9(18)7-15-13(19)8-20-14-10(2)16-11-5-3-4-6-12(11)17-14/h3-6,9,18H,7-8H2,1-2H3,(H,15,19)/t9-/m1/s1. The van der Waals surface area contributed by atoms with Crippen LogP contribution in [0.1, 0.15) is 12.6 Å². The van der Waals surface area contributed by atoms with Gasteiger partial charge in [0.1, 0.15) is 5.03 Å². The molecule has 0 bridgehead atoms. The molecule has 1 amide bonds. The topological polar surface area (TPSA) is 75.1 Å². The lowest BCUT2D eigenvalue weighted by molar-refractivity contribution is -0.118. The molecule has 0 saturated heterocycles. The number of aliphatic hydroxyl groups is 1. The van der Waals surface area contributed by atoms with E-state index in [1.807, 2.05) is 31.2 Å². The van der Waals surface area contributed by atoms with Gasteiger partial charge in [-0.25, -0.2) is 9.97 Å². The van der Waals surface area contributed by atoms with E-state index in [1.165, 1.54) is 11.8 Å². The Morgan fingerprint density at radius 3 is 2.65 bits per heavy atom. The van der Waals surface area contributed by atoms with Crippen molar-refractivity contribution in [3.8, 4) is 0 Å². The van der Waals surface area contributed by atoms with E-state index in [2.05, 4.69) is 15.3 Å². The summed E-state index contributed by atoms with van der Waals surface area (Å²) in [4.78, 5) is 20.6. The van der Waals surface area contributed by atoms with Crippen molar-refractivity contribution in [2.75, 3.05) is 12.3 Å². The van der Waals surface area contributed by atoms with Gasteiger partial charge in [-0.2, -0.15) is 0 Å². The Labute approximate surface area is 121 Å². The molecule has 0 saturated carbocycles. The van der Waals surface area contributed by atoms with Crippen LogP contribution < -0.4 is 5.32 Å². The van der Waals surface area contributed by atoms with Crippen molar-refractivity contribution < 1.29 is 9.90 Å². The maximum atomic E-state index is 11.6. The van der Waals surface area contributed by atoms with Gasteiger partial charge in [0.2, 0.25) is 5.91 Å². The van der Waals surface area contributed by atoms with Crippen LogP contribution in [0.3, 0.4) is 0 Å². The largest absolute Gasteiger partial charge is 0.392 e. The molecule has 2 rings (SSSR count). The van der Waals surface area contributed by atoms with Gasteiger partial charge in [0.15, 0.2) is 0 Å². The highest BCUT2D eigenvalue weighted by Gasteiger charge is 2.09. The van der Waals surface area contributed by atoms with E-state index in [-0.39, 0.29) is 18.2 Å². The van der Waals surface area contributed by atoms with Crippen LogP contribution in [0.2, 0.25) is 0 Å². The van der Waals surface area contributed by atoms with Crippen LogP contribution >= 0.6 is 11.8 Å². The minimum Gasteiger partial charge on any atom is -0.392 e. The quantitative estimate of drug-likeness (QED) is 0.817. The zero-order valence-corrected chi connectivity index (χ0v) is 12.3. The van der Waals surface area contributed by atoms with Crippen LogP contribution in [-0.2, 0) is 4.79 Å². The molecule has 0 unspecified atom stereocenters. The summed E-state index contributed by atoms with van der Waals surface area (Å²) < 4.78 is 0. The first-order valence-corrected chi connectivity index (χ1v) is 7.36. The summed E-state index contributed by atoms with van der Waals surface area (Å²) >= 11 is 1.35. The molecule has 6 heteroatoms. The summed E-state index contributed by atoms with van der Waals surface area (Å²) in [6.07, 6.45) is -0.536. The first-order valence-electron chi connectivity index (χ1n) is 6.37. The van der Waals surface area contributed by atoms with Gasteiger partial charge in [0, 0.05) is 6.54 Å². The number of hydrogen-bond donors (Lipinski definition) is 2. The average Bonchev–Trinajstić information content (AvgIpc) is 2.42. The fraction of sp³-hybridized carbons (Fsp3) is 0.357. The van der Waals surface area contributed by atoms with Gasteiger partial charge in [0.25, 0.3) is 0 Å². The molecule has 20 heavy (non-hydrogen) atoms. The smallest absolute Gasteiger partial charge is 0.230 e. The molecule has 2 N–H and O–H groups in total. The van der Waals surface area contributed by atoms with Gasteiger partial charge < -0.3 is 10.4 Å². The second kappa shape index (κ2) is 6.67. The maximum Gasteiger partial charge on any atom is 0.230 e. The summed E-state index contributed by atoms with van der Waals surface area (Å²) in [6.45, 7) is 3.78. The van der Waals surface area contributed by atoms with Crippen LogP contribution in [0.25, 0.3) is 11.0 Å². The molecule has 0 aliphatic heterocycles. The number of aliphatic hydroxyl groups excluding tert-OH is 1. The van der Waals surface area contributed by atoms with E-state index in [1.54, 1.807) is 6.92 Å². The third-order valence-corrected chi connectivity index (χ3v) is 3.70. The fourth-order valence-electron chi connectivity index (χ4n) is 1.66. The molecule has 1 atom stereocenters. The van der Waals surface area contributed by atoms with Crippen LogP contribution in [0.5, 0.6) is 0 Å². The Kier molecular flexibility index (Phi) is 4.92. The summed E-state index contributed by atoms with van der Waals surface area (Å²) in [7, 11) is 0. The highest BCUT2D eigenvalue weighted by atomic mass is 32.2. The highest BCUT2D eigenvalue weighted by molar-refractivity contribution is 7.99. The van der Waals surface area contributed by atoms with Crippen LogP contribution in [-0.4, -0.2) is 39.4 Å². The van der Waals surface area contributed by atoms with Gasteiger partial charge >= 0.3 is 0 Å². The molecule has 106 valence electrons. The van der Waals surface area contributed by atoms with Crippen LogP contribution in [0, 0.1) is 6.92 Å². The summed E-state index contributed by atoms with van der Waals surface area (Å²) in [5.74, 6) is 0.144. The summed E-state index contributed by atoms with van der Waals surface area (Å²) in [6, 6.07) is 7.65. The van der Waals surface area contributed by atoms with Crippen molar-refractivity contribution in [2.24, 2.45) is 0 Å². The highest BCUT2D eigenvalue weighted by Crippen LogP contribution is 2.21. The number of thioether (sulfide) groups is 1. The van der Waals surface area contributed by atoms with Gasteiger partial charge in [-0.15, -0.1) is 0 Å². The number of carbonyl (C=O) groups excluding carboxylic acids is 1. The molecule has 0 aliphatic carbocycles. The lowest BCUT2D eigenvalue weighted by Gasteiger charge is -2.08. The summed E-state index contributed by atoms with van der Waals surface area (Å²) in [5, 5.41) is 12.5. The fourth-order valence-corrected chi connectivity index (χ4v) is 2.44. The first-order chi connectivity index (χ1) is 9.56. The molecule has 1 aromatic carbocycles. The van der Waals surface area contributed by atoms with E-state index < -0.39 is 6.10 Å². The van der Waals surface area contributed by atoms with Gasteiger partial charge in [-0.3, -0.25) is 4.79 Å².